The standard InChI is InChI=1S/C30H26Cl2F2IN4O5S/c1-3-8-35-30(33,34)23-12-22(45-26-19(31)6-4-7-20(26)32)24(27(40)37-23)28(41)38-14-16-11-21(39-9-5-10-44-29(39)42)25(43-2)17(13-36)18(16)15-38/h4,6-7,11-12H,3,5,8-10,14-15H2,1-2H3,(H,37,40)/q-1. The van der Waals surface area contributed by atoms with Crippen LogP contribution in [0.1, 0.15) is 52.5 Å². The van der Waals surface area contributed by atoms with E-state index in [1.54, 1.807) is 24.3 Å². The average molecular weight is 790 g/mol. The predicted octanol–water partition coefficient (Wildman–Crippen LogP) is 3.76. The molecule has 9 nitrogen and oxygen atoms in total. The van der Waals surface area contributed by atoms with Crippen molar-refractivity contribution < 1.29 is 49.0 Å². The van der Waals surface area contributed by atoms with Gasteiger partial charge in [-0.1, -0.05) is 0 Å². The monoisotopic (exact) mass is 789 g/mol. The van der Waals surface area contributed by atoms with Gasteiger partial charge in [-0.05, 0) is 6.42 Å². The van der Waals surface area contributed by atoms with Crippen molar-refractivity contribution in [2.75, 3.05) is 29.6 Å². The molecule has 238 valence electrons. The van der Waals surface area contributed by atoms with E-state index in [1.165, 1.54) is 16.9 Å². The molecule has 1 fully saturated rings. The van der Waals surface area contributed by atoms with Crippen molar-refractivity contribution in [2.24, 2.45) is 0 Å². The number of alkyl halides is 4. The molecule has 5 rings (SSSR count). The Balaban J connectivity index is 1.57. The Morgan fingerprint density at radius 2 is 1.98 bits per heavy atom. The van der Waals surface area contributed by atoms with Crippen molar-refractivity contribution in [1.29, 1.82) is 5.26 Å². The molecule has 1 aromatic heterocycles. The van der Waals surface area contributed by atoms with E-state index in [9.17, 15) is 19.6 Å². The number of rotatable bonds is 9. The van der Waals surface area contributed by atoms with Gasteiger partial charge in [0.1, 0.15) is 0 Å². The summed E-state index contributed by atoms with van der Waals surface area (Å²) in [6.07, 6.45) is 0.567. The van der Waals surface area contributed by atoms with Crippen LogP contribution in [0.3, 0.4) is 0 Å². The molecule has 3 heterocycles. The molecular weight excluding hydrogens is 764 g/mol. The molecule has 0 radical (unpaired) electrons. The molecule has 1 N–H and O–H groups in total. The van der Waals surface area contributed by atoms with E-state index in [4.69, 9.17) is 32.7 Å². The average Bonchev–Trinajstić information content (AvgIpc) is 3.45. The number of carbonyl (C=O) groups excluding carboxylic acids is 2. The van der Waals surface area contributed by atoms with Crippen LogP contribution in [0.15, 0.2) is 44.9 Å². The zero-order valence-corrected chi connectivity index (χ0v) is 28.5. The molecule has 0 bridgehead atoms. The minimum absolute atomic E-state index is 0.0149. The number of amides is 2. The number of methoxy groups -OCH3 is 1. The van der Waals surface area contributed by atoms with Crippen molar-refractivity contribution >= 4 is 52.7 Å². The van der Waals surface area contributed by atoms with Crippen LogP contribution in [0.5, 0.6) is 5.75 Å². The normalized spacial score (nSPS) is 14.7. The first kappa shape index (κ1) is 33.3. The first-order valence-electron chi connectivity index (χ1n) is 13.7. The SMILES string of the molecule is CCC[I-]C(F)(F)c1cc(Sc2c(Cl)cccc2Cl)c(C(=O)N2Cc3cc(N4CCCOC4=O)c(OC)c(C#N)c3C2)c(=O)[nH]1. The first-order chi connectivity index (χ1) is 21.5. The Labute approximate surface area is 282 Å². The second kappa shape index (κ2) is 13.7. The van der Waals surface area contributed by atoms with Crippen LogP contribution < -0.4 is 36.4 Å². The van der Waals surface area contributed by atoms with Gasteiger partial charge in [-0.15, -0.1) is 0 Å². The Bertz CT molecular complexity index is 1760. The number of halogens is 5. The number of benzene rings is 2. The fourth-order valence-corrected chi connectivity index (χ4v) is 8.62. The number of nitrogens with one attached hydrogen (secondary N) is 1. The Morgan fingerprint density at radius 3 is 2.62 bits per heavy atom. The molecule has 3 aromatic rings. The molecule has 0 aliphatic carbocycles. The number of nitrogens with zero attached hydrogens (tertiary/aromatic N) is 3. The Hall–Kier alpha value is -3.06. The van der Waals surface area contributed by atoms with Crippen LogP contribution in [0, 0.1) is 11.3 Å². The van der Waals surface area contributed by atoms with Crippen LogP contribution >= 0.6 is 35.0 Å². The molecule has 45 heavy (non-hydrogen) atoms. The van der Waals surface area contributed by atoms with E-state index in [2.05, 4.69) is 11.1 Å². The molecule has 0 spiro atoms. The summed E-state index contributed by atoms with van der Waals surface area (Å²) in [5.74, 6) is -0.577. The van der Waals surface area contributed by atoms with Gasteiger partial charge in [0.15, 0.2) is 0 Å². The molecule has 0 atom stereocenters. The fourth-order valence-electron chi connectivity index (χ4n) is 5.06. The summed E-state index contributed by atoms with van der Waals surface area (Å²) >= 11 is 12.0. The number of hydrogen-bond donors (Lipinski definition) is 1. The second-order valence-corrected chi connectivity index (χ2v) is 15.1. The van der Waals surface area contributed by atoms with Gasteiger partial charge >= 0.3 is 247 Å². The number of nitriles is 1. The minimum atomic E-state index is -3.25. The number of aromatic nitrogens is 1. The fraction of sp³-hybridized carbons (Fsp3) is 0.333. The van der Waals surface area contributed by atoms with Gasteiger partial charge in [-0.3, -0.25) is 0 Å². The van der Waals surface area contributed by atoms with Crippen LogP contribution in [-0.4, -0.2) is 46.6 Å². The molecular formula is C30H26Cl2F2IN4O5S-. The summed E-state index contributed by atoms with van der Waals surface area (Å²) in [7, 11) is 1.38. The third-order valence-corrected chi connectivity index (χ3v) is 12.3. The van der Waals surface area contributed by atoms with Gasteiger partial charge in [0.05, 0.1) is 13.7 Å². The summed E-state index contributed by atoms with van der Waals surface area (Å²) in [6.45, 7) is 2.35. The van der Waals surface area contributed by atoms with Gasteiger partial charge in [0, 0.05) is 6.54 Å². The number of ether oxygens (including phenoxy) is 2. The molecule has 15 heteroatoms. The summed E-state index contributed by atoms with van der Waals surface area (Å²) in [5.41, 5.74) is -0.381. The number of aromatic amines is 1. The van der Waals surface area contributed by atoms with Crippen LogP contribution in [-0.2, 0) is 21.8 Å². The van der Waals surface area contributed by atoms with E-state index in [1.807, 2.05) is 6.92 Å². The third kappa shape index (κ3) is 6.61. The first-order valence-corrected chi connectivity index (χ1v) is 17.9. The number of fused-ring (bicyclic) bond motifs is 1. The topological polar surface area (TPSA) is 116 Å². The molecule has 1 saturated heterocycles. The molecule has 0 unspecified atom stereocenters. The number of pyridine rings is 1. The van der Waals surface area contributed by atoms with Crippen molar-refractivity contribution in [3.63, 3.8) is 0 Å². The van der Waals surface area contributed by atoms with Gasteiger partial charge in [-0.25, -0.2) is 4.79 Å². The number of H-pyrrole nitrogens is 1. The van der Waals surface area contributed by atoms with Crippen LogP contribution in [0.2, 0.25) is 10.0 Å². The van der Waals surface area contributed by atoms with E-state index in [0.717, 1.165) is 17.8 Å². The van der Waals surface area contributed by atoms with Crippen molar-refractivity contribution in [2.45, 2.75) is 46.6 Å². The zero-order chi connectivity index (χ0) is 32.5. The van der Waals surface area contributed by atoms with Crippen molar-refractivity contribution in [3.05, 3.63) is 78.7 Å². The predicted molar refractivity (Wildman–Crippen MR) is 161 cm³/mol. The molecule has 2 aliphatic rings. The second-order valence-electron chi connectivity index (χ2n) is 10.1. The van der Waals surface area contributed by atoms with E-state index in [0.29, 0.717) is 45.5 Å². The number of cyclic esters (lactones) is 1. The van der Waals surface area contributed by atoms with Crippen LogP contribution in [0.25, 0.3) is 0 Å². The summed E-state index contributed by atoms with van der Waals surface area (Å²) in [6, 6.07) is 9.67. The van der Waals surface area contributed by atoms with Gasteiger partial charge in [0.25, 0.3) is 0 Å². The molecule has 2 aliphatic heterocycles. The number of hydrogen-bond acceptors (Lipinski definition) is 7. The summed E-state index contributed by atoms with van der Waals surface area (Å²) in [4.78, 5) is 45.4. The number of carbonyl (C=O) groups is 2. The van der Waals surface area contributed by atoms with Gasteiger partial charge in [0.2, 0.25) is 0 Å². The third-order valence-electron chi connectivity index (χ3n) is 7.13. The van der Waals surface area contributed by atoms with E-state index >= 15 is 8.78 Å². The number of anilines is 1. The Morgan fingerprint density at radius 1 is 1.24 bits per heavy atom. The summed E-state index contributed by atoms with van der Waals surface area (Å²) in [5, 5.41) is 10.5. The van der Waals surface area contributed by atoms with E-state index < -0.39 is 48.4 Å². The maximum absolute atomic E-state index is 15.2. The van der Waals surface area contributed by atoms with Crippen molar-refractivity contribution in [3.8, 4) is 11.8 Å². The molecule has 0 saturated carbocycles. The molecule has 2 amide bonds. The van der Waals surface area contributed by atoms with Crippen molar-refractivity contribution in [1.82, 2.24) is 9.88 Å². The maximum atomic E-state index is 15.2. The molecule has 2 aromatic carbocycles. The summed E-state index contributed by atoms with van der Waals surface area (Å²) < 4.78 is 38.3. The van der Waals surface area contributed by atoms with E-state index in [-0.39, 0.29) is 51.5 Å². The van der Waals surface area contributed by atoms with Crippen LogP contribution in [0.4, 0.5) is 19.3 Å². The quantitative estimate of drug-likeness (QED) is 0.260. The van der Waals surface area contributed by atoms with Gasteiger partial charge < -0.3 is 4.74 Å². The Kier molecular flexibility index (Phi) is 10.2. The van der Waals surface area contributed by atoms with Gasteiger partial charge in [-0.2, -0.15) is 0 Å². The zero-order valence-electron chi connectivity index (χ0n) is 24.0.